The van der Waals surface area contributed by atoms with Gasteiger partial charge in [0.05, 0.1) is 12.2 Å². The fourth-order valence-electron chi connectivity index (χ4n) is 2.43. The number of ether oxygens (including phenoxy) is 3. The van der Waals surface area contributed by atoms with E-state index in [0.717, 1.165) is 37.7 Å². The van der Waals surface area contributed by atoms with Crippen LogP contribution in [0.3, 0.4) is 0 Å². The second-order valence-electron chi connectivity index (χ2n) is 5.50. The molecule has 1 aromatic carbocycles. The summed E-state index contributed by atoms with van der Waals surface area (Å²) in [6, 6.07) is 3.52. The zero-order valence-corrected chi connectivity index (χ0v) is 17.7. The monoisotopic (exact) mass is 424 g/mol. The fourth-order valence-corrected chi connectivity index (χ4v) is 2.94. The Balaban J connectivity index is 0.00000163. The maximum atomic E-state index is 11.4. The van der Waals surface area contributed by atoms with Crippen LogP contribution in [0.2, 0.25) is 0 Å². The van der Waals surface area contributed by atoms with E-state index in [4.69, 9.17) is 14.2 Å². The quantitative estimate of drug-likeness (QED) is 0.392. The molecule has 1 unspecified atom stereocenters. The summed E-state index contributed by atoms with van der Waals surface area (Å²) < 4.78 is 18.0. The first-order valence-corrected chi connectivity index (χ1v) is 9.95. The van der Waals surface area contributed by atoms with Crippen molar-refractivity contribution in [3.05, 3.63) is 46.0 Å². The molecule has 1 fully saturated rings. The molecule has 0 aliphatic carbocycles. The summed E-state index contributed by atoms with van der Waals surface area (Å²) in [4.78, 5) is 11.4. The first-order chi connectivity index (χ1) is 12.7. The molecule has 1 heterocycles. The Morgan fingerprint density at radius 1 is 1.31 bits per heavy atom. The Bertz CT molecular complexity index is 617. The van der Waals surface area contributed by atoms with Gasteiger partial charge in [0.1, 0.15) is 18.1 Å². The van der Waals surface area contributed by atoms with Gasteiger partial charge in [-0.1, -0.05) is 32.1 Å². The number of benzene rings is 1. The van der Waals surface area contributed by atoms with Gasteiger partial charge in [0, 0.05) is 17.0 Å². The molecule has 26 heavy (non-hydrogen) atoms. The first-order valence-electron chi connectivity index (χ1n) is 9.15. The van der Waals surface area contributed by atoms with E-state index in [1.807, 2.05) is 45.9 Å². The summed E-state index contributed by atoms with van der Waals surface area (Å²) in [6.45, 7) is 9.01. The van der Waals surface area contributed by atoms with Gasteiger partial charge in [0.25, 0.3) is 0 Å². The Labute approximate surface area is 165 Å². The average Bonchev–Trinajstić information content (AvgIpc) is 2.67. The molecule has 1 aliphatic heterocycles. The third-order valence-corrected chi connectivity index (χ3v) is 4.39. The van der Waals surface area contributed by atoms with Gasteiger partial charge < -0.3 is 14.2 Å². The number of halogens is 1. The van der Waals surface area contributed by atoms with Crippen molar-refractivity contribution in [3.8, 4) is 11.5 Å². The largest absolute Gasteiger partial charge is 0.488 e. The first kappa shape index (κ1) is 22.5. The molecule has 1 atom stereocenters. The standard InChI is InChI=1S/C19H23BrO4.C2H6/c1-3-7-14(4-2)13-23-18-11-15(10-17(20)16(18)12-21)24-19-8-5-6-9-22-19;1-2/h3-4,7,10-12,19H,5-6,8-9,13H2,1-2H3;1-2H3/b7-3-,14-4+;. The molecule has 2 rings (SSSR count). The second kappa shape index (κ2) is 12.7. The van der Waals surface area contributed by atoms with Crippen molar-refractivity contribution >= 4 is 22.2 Å². The van der Waals surface area contributed by atoms with Crippen LogP contribution in [0.25, 0.3) is 0 Å². The van der Waals surface area contributed by atoms with Crippen LogP contribution in [0.15, 0.2) is 40.4 Å². The van der Waals surface area contributed by atoms with Gasteiger partial charge in [-0.2, -0.15) is 0 Å². The predicted octanol–water partition coefficient (Wildman–Crippen LogP) is 6.09. The lowest BCUT2D eigenvalue weighted by molar-refractivity contribution is -0.106. The molecule has 0 radical (unpaired) electrons. The summed E-state index contributed by atoms with van der Waals surface area (Å²) in [7, 11) is 0. The molecule has 0 aromatic heterocycles. The minimum atomic E-state index is -0.241. The van der Waals surface area contributed by atoms with Crippen molar-refractivity contribution < 1.29 is 19.0 Å². The molecule has 0 spiro atoms. The minimum Gasteiger partial charge on any atom is -0.488 e. The van der Waals surface area contributed by atoms with Crippen LogP contribution in [0.1, 0.15) is 57.3 Å². The lowest BCUT2D eigenvalue weighted by atomic mass is 10.2. The molecule has 0 amide bonds. The molecule has 5 heteroatoms. The van der Waals surface area contributed by atoms with Crippen LogP contribution < -0.4 is 9.47 Å². The van der Waals surface area contributed by atoms with Gasteiger partial charge in [0.15, 0.2) is 12.6 Å². The number of carbonyl (C=O) groups excluding carboxylic acids is 1. The summed E-state index contributed by atoms with van der Waals surface area (Å²) in [5, 5.41) is 0. The Morgan fingerprint density at radius 2 is 2.08 bits per heavy atom. The minimum absolute atomic E-state index is 0.241. The lowest BCUT2D eigenvalue weighted by Crippen LogP contribution is -2.25. The normalized spacial score (nSPS) is 17.4. The number of allylic oxidation sites excluding steroid dienone is 2. The summed E-state index contributed by atoms with van der Waals surface area (Å²) in [6.07, 6.45) is 9.48. The Kier molecular flexibility index (Phi) is 11.0. The van der Waals surface area contributed by atoms with Crippen LogP contribution in [0, 0.1) is 0 Å². The van der Waals surface area contributed by atoms with Crippen LogP contribution in [0.4, 0.5) is 0 Å². The van der Waals surface area contributed by atoms with E-state index in [2.05, 4.69) is 15.9 Å². The molecule has 4 nitrogen and oxygen atoms in total. The van der Waals surface area contributed by atoms with E-state index in [0.29, 0.717) is 28.1 Å². The average molecular weight is 425 g/mol. The highest BCUT2D eigenvalue weighted by Crippen LogP contribution is 2.33. The summed E-state index contributed by atoms with van der Waals surface area (Å²) >= 11 is 3.42. The van der Waals surface area contributed by atoms with Gasteiger partial charge in [-0.15, -0.1) is 0 Å². The third-order valence-electron chi connectivity index (χ3n) is 3.73. The molecule has 0 N–H and O–H groups in total. The van der Waals surface area contributed by atoms with Gasteiger partial charge >= 0.3 is 0 Å². The molecule has 1 aromatic rings. The highest BCUT2D eigenvalue weighted by atomic mass is 79.9. The number of hydrogen-bond donors (Lipinski definition) is 0. The number of carbonyl (C=O) groups is 1. The lowest BCUT2D eigenvalue weighted by Gasteiger charge is -2.24. The van der Waals surface area contributed by atoms with E-state index >= 15 is 0 Å². The van der Waals surface area contributed by atoms with Crippen LogP contribution >= 0.6 is 15.9 Å². The van der Waals surface area contributed by atoms with E-state index < -0.39 is 0 Å². The number of aldehydes is 1. The summed E-state index contributed by atoms with van der Waals surface area (Å²) in [5.74, 6) is 1.12. The van der Waals surface area contributed by atoms with Crippen LogP contribution in [-0.2, 0) is 4.74 Å². The second-order valence-corrected chi connectivity index (χ2v) is 6.36. The number of rotatable bonds is 7. The topological polar surface area (TPSA) is 44.8 Å². The van der Waals surface area contributed by atoms with Crippen LogP contribution in [-0.4, -0.2) is 25.8 Å². The Hall–Kier alpha value is -1.59. The smallest absolute Gasteiger partial charge is 0.199 e. The van der Waals surface area contributed by atoms with Gasteiger partial charge in [-0.05, 0) is 54.3 Å². The van der Waals surface area contributed by atoms with Crippen LogP contribution in [0.5, 0.6) is 11.5 Å². The third kappa shape index (κ3) is 6.96. The molecular formula is C21H29BrO4. The summed E-state index contributed by atoms with van der Waals surface area (Å²) in [5.41, 5.74) is 1.51. The zero-order valence-electron chi connectivity index (χ0n) is 16.1. The maximum Gasteiger partial charge on any atom is 0.199 e. The van der Waals surface area contributed by atoms with E-state index in [9.17, 15) is 4.79 Å². The highest BCUT2D eigenvalue weighted by Gasteiger charge is 2.18. The molecule has 1 saturated heterocycles. The molecule has 0 bridgehead atoms. The van der Waals surface area contributed by atoms with Crippen molar-refractivity contribution in [2.45, 2.75) is 53.2 Å². The van der Waals surface area contributed by atoms with E-state index in [-0.39, 0.29) is 6.29 Å². The van der Waals surface area contributed by atoms with E-state index in [1.165, 1.54) is 0 Å². The molecule has 1 aliphatic rings. The highest BCUT2D eigenvalue weighted by molar-refractivity contribution is 9.10. The van der Waals surface area contributed by atoms with Crippen molar-refractivity contribution in [1.29, 1.82) is 0 Å². The van der Waals surface area contributed by atoms with Gasteiger partial charge in [-0.3, -0.25) is 4.79 Å². The maximum absolute atomic E-state index is 11.4. The number of hydrogen-bond acceptors (Lipinski definition) is 4. The van der Waals surface area contributed by atoms with E-state index in [1.54, 1.807) is 12.1 Å². The van der Waals surface area contributed by atoms with Gasteiger partial charge in [0.2, 0.25) is 0 Å². The Morgan fingerprint density at radius 3 is 2.65 bits per heavy atom. The van der Waals surface area contributed by atoms with Gasteiger partial charge in [-0.25, -0.2) is 0 Å². The van der Waals surface area contributed by atoms with Crippen molar-refractivity contribution in [2.75, 3.05) is 13.2 Å². The van der Waals surface area contributed by atoms with Crippen molar-refractivity contribution in [2.24, 2.45) is 0 Å². The zero-order chi connectivity index (χ0) is 19.4. The fraction of sp³-hybridized carbons (Fsp3) is 0.476. The SMILES string of the molecule is C/C=C\C(=C/C)COc1cc(OC2CCCCO2)cc(Br)c1C=O.CC. The molecule has 0 saturated carbocycles. The predicted molar refractivity (Wildman–Crippen MR) is 109 cm³/mol. The van der Waals surface area contributed by atoms with Crippen molar-refractivity contribution in [3.63, 3.8) is 0 Å². The molecular weight excluding hydrogens is 396 g/mol. The van der Waals surface area contributed by atoms with Crippen molar-refractivity contribution in [1.82, 2.24) is 0 Å². The molecule has 144 valence electrons.